The molecule has 0 N–H and O–H groups in total. The van der Waals surface area contributed by atoms with Gasteiger partial charge in [0.25, 0.3) is 0 Å². The highest BCUT2D eigenvalue weighted by atomic mass is 16.5. The fourth-order valence-electron chi connectivity index (χ4n) is 2.70. The van der Waals surface area contributed by atoms with Crippen LogP contribution in [0.25, 0.3) is 11.4 Å². The van der Waals surface area contributed by atoms with Crippen LogP contribution in [0.5, 0.6) is 5.75 Å². The minimum atomic E-state index is 0.236. The van der Waals surface area contributed by atoms with E-state index in [0.717, 1.165) is 24.3 Å². The Kier molecular flexibility index (Phi) is 3.69. The van der Waals surface area contributed by atoms with Gasteiger partial charge >= 0.3 is 0 Å². The number of hydrogen-bond acceptors (Lipinski definition) is 5. The second-order valence-electron chi connectivity index (χ2n) is 5.15. The molecule has 0 aliphatic carbocycles. The van der Waals surface area contributed by atoms with Gasteiger partial charge < -0.3 is 9.26 Å². The maximum absolute atomic E-state index is 5.47. The third-order valence-corrected chi connectivity index (χ3v) is 3.85. The summed E-state index contributed by atoms with van der Waals surface area (Å²) in [4.78, 5) is 6.84. The Morgan fingerprint density at radius 2 is 2.15 bits per heavy atom. The Labute approximate surface area is 118 Å². The first-order valence-corrected chi connectivity index (χ1v) is 6.97. The van der Waals surface area contributed by atoms with Crippen molar-refractivity contribution in [3.63, 3.8) is 0 Å². The third-order valence-electron chi connectivity index (χ3n) is 3.85. The summed E-state index contributed by atoms with van der Waals surface area (Å²) in [5.41, 5.74) is 0.864. The number of methoxy groups -OCH3 is 1. The summed E-state index contributed by atoms with van der Waals surface area (Å²) in [6, 6.07) is 7.95. The fourth-order valence-corrected chi connectivity index (χ4v) is 2.70. The molecule has 0 bridgehead atoms. The monoisotopic (exact) mass is 273 g/mol. The van der Waals surface area contributed by atoms with Gasteiger partial charge in [-0.3, -0.25) is 4.90 Å². The topological polar surface area (TPSA) is 51.4 Å². The standard InChI is InChI=1S/C15H19N3O2/c1-18-10-6-5-8-12(18)15-16-14(17-20-15)11-7-3-4-9-13(11)19-2/h3-4,7,9,12H,5-6,8,10H2,1-2H3/t12-/m0/s1. The molecule has 1 aromatic heterocycles. The molecule has 5 nitrogen and oxygen atoms in total. The largest absolute Gasteiger partial charge is 0.496 e. The van der Waals surface area contributed by atoms with Gasteiger partial charge in [0.05, 0.1) is 18.7 Å². The van der Waals surface area contributed by atoms with Gasteiger partial charge in [-0.1, -0.05) is 23.7 Å². The number of para-hydroxylation sites is 1. The molecular formula is C15H19N3O2. The van der Waals surface area contributed by atoms with Crippen LogP contribution >= 0.6 is 0 Å². The Hall–Kier alpha value is -1.88. The first kappa shape index (κ1) is 13.1. The Bertz CT molecular complexity index is 582. The van der Waals surface area contributed by atoms with Crippen molar-refractivity contribution in [3.05, 3.63) is 30.2 Å². The molecule has 0 saturated carbocycles. The number of nitrogens with zero attached hydrogens (tertiary/aromatic N) is 3. The predicted molar refractivity (Wildman–Crippen MR) is 75.5 cm³/mol. The van der Waals surface area contributed by atoms with Gasteiger partial charge in [0.2, 0.25) is 11.7 Å². The number of piperidine rings is 1. The SMILES string of the molecule is COc1ccccc1-c1noc([C@@H]2CCCCN2C)n1. The minimum Gasteiger partial charge on any atom is -0.496 e. The molecule has 2 heterocycles. The first-order chi connectivity index (χ1) is 9.79. The van der Waals surface area contributed by atoms with Crippen molar-refractivity contribution in [2.45, 2.75) is 25.3 Å². The summed E-state index contributed by atoms with van der Waals surface area (Å²) < 4.78 is 10.8. The number of ether oxygens (including phenoxy) is 1. The normalized spacial score (nSPS) is 20.0. The molecule has 106 valence electrons. The van der Waals surface area contributed by atoms with Crippen LogP contribution in [0.1, 0.15) is 31.2 Å². The summed E-state index contributed by atoms with van der Waals surface area (Å²) in [6.07, 6.45) is 3.52. The zero-order chi connectivity index (χ0) is 13.9. The van der Waals surface area contributed by atoms with E-state index in [4.69, 9.17) is 9.26 Å². The highest BCUT2D eigenvalue weighted by molar-refractivity contribution is 5.63. The van der Waals surface area contributed by atoms with E-state index >= 15 is 0 Å². The molecule has 3 rings (SSSR count). The fraction of sp³-hybridized carbons (Fsp3) is 0.467. The van der Waals surface area contributed by atoms with Gasteiger partial charge in [-0.25, -0.2) is 0 Å². The van der Waals surface area contributed by atoms with Gasteiger partial charge in [-0.15, -0.1) is 0 Å². The molecule has 2 aromatic rings. The van der Waals surface area contributed by atoms with Gasteiger partial charge in [-0.05, 0) is 38.6 Å². The lowest BCUT2D eigenvalue weighted by atomic mass is 10.0. The first-order valence-electron chi connectivity index (χ1n) is 6.97. The van der Waals surface area contributed by atoms with Crippen molar-refractivity contribution in [1.82, 2.24) is 15.0 Å². The van der Waals surface area contributed by atoms with Crippen molar-refractivity contribution in [1.29, 1.82) is 0 Å². The van der Waals surface area contributed by atoms with Crippen molar-refractivity contribution in [2.75, 3.05) is 20.7 Å². The van der Waals surface area contributed by atoms with Gasteiger partial charge in [-0.2, -0.15) is 4.98 Å². The Morgan fingerprint density at radius 1 is 1.30 bits per heavy atom. The second-order valence-corrected chi connectivity index (χ2v) is 5.15. The smallest absolute Gasteiger partial charge is 0.244 e. The van der Waals surface area contributed by atoms with Gasteiger partial charge in [0, 0.05) is 0 Å². The van der Waals surface area contributed by atoms with Crippen LogP contribution in [0.15, 0.2) is 28.8 Å². The number of hydrogen-bond donors (Lipinski definition) is 0. The van der Waals surface area contributed by atoms with E-state index in [2.05, 4.69) is 22.1 Å². The minimum absolute atomic E-state index is 0.236. The average molecular weight is 273 g/mol. The van der Waals surface area contributed by atoms with Crippen LogP contribution in [0.4, 0.5) is 0 Å². The summed E-state index contributed by atoms with van der Waals surface area (Å²) in [5.74, 6) is 2.06. The van der Waals surface area contributed by atoms with Crippen LogP contribution in [-0.2, 0) is 0 Å². The molecule has 1 fully saturated rings. The van der Waals surface area contributed by atoms with E-state index in [1.807, 2.05) is 24.3 Å². The molecule has 1 atom stereocenters. The number of aromatic nitrogens is 2. The Morgan fingerprint density at radius 3 is 2.95 bits per heavy atom. The van der Waals surface area contributed by atoms with Crippen LogP contribution in [-0.4, -0.2) is 35.7 Å². The summed E-state index contributed by atoms with van der Waals surface area (Å²) >= 11 is 0. The highest BCUT2D eigenvalue weighted by Crippen LogP contribution is 2.32. The van der Waals surface area contributed by atoms with Crippen LogP contribution in [0, 0.1) is 0 Å². The summed E-state index contributed by atoms with van der Waals surface area (Å²) in [5, 5.41) is 4.11. The van der Waals surface area contributed by atoms with Crippen molar-refractivity contribution < 1.29 is 9.26 Å². The van der Waals surface area contributed by atoms with E-state index < -0.39 is 0 Å². The lowest BCUT2D eigenvalue weighted by Gasteiger charge is -2.29. The van der Waals surface area contributed by atoms with E-state index in [1.54, 1.807) is 7.11 Å². The summed E-state index contributed by atoms with van der Waals surface area (Å²) in [7, 11) is 3.76. The van der Waals surface area contributed by atoms with Crippen molar-refractivity contribution in [3.8, 4) is 17.1 Å². The molecular weight excluding hydrogens is 254 g/mol. The summed E-state index contributed by atoms with van der Waals surface area (Å²) in [6.45, 7) is 1.08. The zero-order valence-electron chi connectivity index (χ0n) is 11.9. The quantitative estimate of drug-likeness (QED) is 0.860. The van der Waals surface area contributed by atoms with E-state index in [0.29, 0.717) is 11.7 Å². The molecule has 0 unspecified atom stereocenters. The van der Waals surface area contributed by atoms with E-state index in [1.165, 1.54) is 12.8 Å². The maximum Gasteiger partial charge on any atom is 0.244 e. The lowest BCUT2D eigenvalue weighted by molar-refractivity contribution is 0.150. The third kappa shape index (κ3) is 2.41. The van der Waals surface area contributed by atoms with Crippen molar-refractivity contribution in [2.24, 2.45) is 0 Å². The highest BCUT2D eigenvalue weighted by Gasteiger charge is 2.26. The molecule has 1 aliphatic rings. The molecule has 0 radical (unpaired) electrons. The van der Waals surface area contributed by atoms with E-state index in [9.17, 15) is 0 Å². The second kappa shape index (κ2) is 5.63. The van der Waals surface area contributed by atoms with Crippen LogP contribution < -0.4 is 4.74 Å². The molecule has 20 heavy (non-hydrogen) atoms. The molecule has 0 spiro atoms. The Balaban J connectivity index is 1.90. The zero-order valence-corrected chi connectivity index (χ0v) is 11.9. The maximum atomic E-state index is 5.47. The van der Waals surface area contributed by atoms with Crippen molar-refractivity contribution >= 4 is 0 Å². The lowest BCUT2D eigenvalue weighted by Crippen LogP contribution is -2.29. The average Bonchev–Trinajstić information content (AvgIpc) is 2.97. The number of benzene rings is 1. The van der Waals surface area contributed by atoms with E-state index in [-0.39, 0.29) is 6.04 Å². The molecule has 1 aliphatic heterocycles. The number of rotatable bonds is 3. The van der Waals surface area contributed by atoms with Gasteiger partial charge in [0.15, 0.2) is 0 Å². The molecule has 5 heteroatoms. The molecule has 1 aromatic carbocycles. The molecule has 1 saturated heterocycles. The van der Waals surface area contributed by atoms with Crippen LogP contribution in [0.2, 0.25) is 0 Å². The number of likely N-dealkylation sites (tertiary alicyclic amines) is 1. The van der Waals surface area contributed by atoms with Crippen LogP contribution in [0.3, 0.4) is 0 Å². The van der Waals surface area contributed by atoms with Gasteiger partial charge in [0.1, 0.15) is 5.75 Å². The molecule has 0 amide bonds. The predicted octanol–water partition coefficient (Wildman–Crippen LogP) is 2.90.